The van der Waals surface area contributed by atoms with E-state index in [1.54, 1.807) is 26.0 Å². The van der Waals surface area contributed by atoms with Gasteiger partial charge in [-0.25, -0.2) is 0 Å². The van der Waals surface area contributed by atoms with Gasteiger partial charge in [-0.05, 0) is 13.8 Å². The minimum absolute atomic E-state index is 0.176. The fourth-order valence-corrected chi connectivity index (χ4v) is 3.61. The summed E-state index contributed by atoms with van der Waals surface area (Å²) in [5.74, 6) is 0.566. The van der Waals surface area contributed by atoms with Crippen LogP contribution in [-0.4, -0.2) is 46.5 Å². The van der Waals surface area contributed by atoms with Gasteiger partial charge in [0.05, 0.1) is 34.5 Å². The molecule has 0 radical (unpaired) electrons. The van der Waals surface area contributed by atoms with Crippen LogP contribution in [0.25, 0.3) is 0 Å². The van der Waals surface area contributed by atoms with Crippen molar-refractivity contribution in [2.75, 3.05) is 40.7 Å². The van der Waals surface area contributed by atoms with E-state index in [2.05, 4.69) is 0 Å². The summed E-state index contributed by atoms with van der Waals surface area (Å²) < 4.78 is 38.5. The van der Waals surface area contributed by atoms with Crippen molar-refractivity contribution in [3.05, 3.63) is 17.7 Å². The molecule has 23 heavy (non-hydrogen) atoms. The third-order valence-electron chi connectivity index (χ3n) is 2.98. The molecular formula is C15H23O7P. The fraction of sp³-hybridized carbons (Fsp3) is 0.533. The zero-order chi connectivity index (χ0) is 17.5. The van der Waals surface area contributed by atoms with E-state index < -0.39 is 19.5 Å². The maximum Gasteiger partial charge on any atom is 0.338 e. The van der Waals surface area contributed by atoms with E-state index in [4.69, 9.17) is 23.3 Å². The number of Topliss-reactive ketones (excluding diaryl/α,β-unsaturated/α-hetero) is 1. The van der Waals surface area contributed by atoms with E-state index in [-0.39, 0.29) is 30.3 Å². The molecule has 130 valence electrons. The van der Waals surface area contributed by atoms with Gasteiger partial charge in [0.1, 0.15) is 29.0 Å². The second-order valence-electron chi connectivity index (χ2n) is 4.43. The van der Waals surface area contributed by atoms with Crippen LogP contribution < -0.4 is 14.2 Å². The Kier molecular flexibility index (Phi) is 7.55. The first-order chi connectivity index (χ1) is 10.9. The van der Waals surface area contributed by atoms with Gasteiger partial charge in [-0.1, -0.05) is 0 Å². The van der Waals surface area contributed by atoms with E-state index in [9.17, 15) is 9.36 Å². The summed E-state index contributed by atoms with van der Waals surface area (Å²) in [5.41, 5.74) is 0.176. The predicted octanol–water partition coefficient (Wildman–Crippen LogP) is 3.16. The molecule has 0 atom stereocenters. The summed E-state index contributed by atoms with van der Waals surface area (Å²) in [7, 11) is 0.834. The van der Waals surface area contributed by atoms with Gasteiger partial charge in [-0.15, -0.1) is 0 Å². The second-order valence-corrected chi connectivity index (χ2v) is 6.49. The molecule has 0 aromatic heterocycles. The highest BCUT2D eigenvalue weighted by atomic mass is 31.2. The van der Waals surface area contributed by atoms with Crippen LogP contribution in [0, 0.1) is 0 Å². The van der Waals surface area contributed by atoms with Crippen LogP contribution in [0.1, 0.15) is 24.2 Å². The van der Waals surface area contributed by atoms with E-state index in [1.807, 2.05) is 0 Å². The third-order valence-corrected chi connectivity index (χ3v) is 4.96. The first-order valence-corrected chi connectivity index (χ1v) is 8.88. The van der Waals surface area contributed by atoms with Crippen molar-refractivity contribution in [1.82, 2.24) is 0 Å². The molecule has 0 saturated heterocycles. The Hall–Kier alpha value is -1.56. The van der Waals surface area contributed by atoms with Crippen LogP contribution in [-0.2, 0) is 13.6 Å². The summed E-state index contributed by atoms with van der Waals surface area (Å²) in [6.07, 6.45) is -0.395. The molecule has 0 fully saturated rings. The highest BCUT2D eigenvalue weighted by molar-refractivity contribution is 7.55. The number of carbonyl (C=O) groups excluding carboxylic acids is 1. The van der Waals surface area contributed by atoms with Gasteiger partial charge in [-0.2, -0.15) is 0 Å². The zero-order valence-corrected chi connectivity index (χ0v) is 15.0. The monoisotopic (exact) mass is 346 g/mol. The number of hydrogen-bond donors (Lipinski definition) is 0. The van der Waals surface area contributed by atoms with Crippen LogP contribution in [0.15, 0.2) is 12.1 Å². The topological polar surface area (TPSA) is 80.3 Å². The summed E-state index contributed by atoms with van der Waals surface area (Å²) in [6, 6.07) is 3.12. The molecule has 0 unspecified atom stereocenters. The van der Waals surface area contributed by atoms with Crippen molar-refractivity contribution in [2.45, 2.75) is 13.8 Å². The van der Waals surface area contributed by atoms with Crippen LogP contribution in [0.2, 0.25) is 0 Å². The van der Waals surface area contributed by atoms with Crippen molar-refractivity contribution in [2.24, 2.45) is 0 Å². The summed E-state index contributed by atoms with van der Waals surface area (Å²) in [4.78, 5) is 12.6. The van der Waals surface area contributed by atoms with Crippen LogP contribution in [0.4, 0.5) is 0 Å². The van der Waals surface area contributed by atoms with Crippen molar-refractivity contribution in [3.8, 4) is 17.2 Å². The number of ether oxygens (including phenoxy) is 3. The Morgan fingerprint density at radius 1 is 0.957 bits per heavy atom. The van der Waals surface area contributed by atoms with E-state index >= 15 is 0 Å². The summed E-state index contributed by atoms with van der Waals surface area (Å²) in [5, 5.41) is 0. The van der Waals surface area contributed by atoms with Crippen molar-refractivity contribution >= 4 is 13.4 Å². The van der Waals surface area contributed by atoms with E-state index in [0.717, 1.165) is 0 Å². The fourth-order valence-electron chi connectivity index (χ4n) is 2.06. The average molecular weight is 346 g/mol. The lowest BCUT2D eigenvalue weighted by Gasteiger charge is -2.18. The molecule has 0 saturated carbocycles. The van der Waals surface area contributed by atoms with Gasteiger partial charge >= 0.3 is 7.60 Å². The quantitative estimate of drug-likeness (QED) is 0.475. The number of ketones is 1. The Morgan fingerprint density at radius 3 is 1.78 bits per heavy atom. The van der Waals surface area contributed by atoms with Gasteiger partial charge < -0.3 is 23.3 Å². The molecule has 0 spiro atoms. The molecular weight excluding hydrogens is 323 g/mol. The highest BCUT2D eigenvalue weighted by Gasteiger charge is 2.31. The standard InChI is InChI=1S/C15H23O7P/c1-6-21-23(17,22-7-2)10-12(16)15-13(19-4)8-11(18-3)9-14(15)20-5/h8-9H,6-7,10H2,1-5H3. The lowest BCUT2D eigenvalue weighted by molar-refractivity contribution is 0.0999. The molecule has 0 aliphatic carbocycles. The Balaban J connectivity index is 3.23. The molecule has 0 N–H and O–H groups in total. The maximum absolute atomic E-state index is 12.6. The van der Waals surface area contributed by atoms with Gasteiger partial charge in [-0.3, -0.25) is 9.36 Å². The van der Waals surface area contributed by atoms with Crippen LogP contribution >= 0.6 is 7.60 Å². The van der Waals surface area contributed by atoms with Crippen LogP contribution in [0.5, 0.6) is 17.2 Å². The normalized spacial score (nSPS) is 11.2. The average Bonchev–Trinajstić information content (AvgIpc) is 2.53. The Bertz CT molecular complexity index is 550. The molecule has 8 heteroatoms. The minimum Gasteiger partial charge on any atom is -0.496 e. The molecule has 0 heterocycles. The molecule has 7 nitrogen and oxygen atoms in total. The molecule has 1 aromatic rings. The predicted molar refractivity (Wildman–Crippen MR) is 86.2 cm³/mol. The van der Waals surface area contributed by atoms with Crippen molar-refractivity contribution < 1.29 is 32.6 Å². The largest absolute Gasteiger partial charge is 0.496 e. The van der Waals surface area contributed by atoms with Gasteiger partial charge in [0.25, 0.3) is 0 Å². The molecule has 0 aliphatic rings. The molecule has 1 rings (SSSR count). The lowest BCUT2D eigenvalue weighted by Crippen LogP contribution is -2.13. The SMILES string of the molecule is CCOP(=O)(CC(=O)c1c(OC)cc(OC)cc1OC)OCC. The molecule has 0 bridgehead atoms. The molecule has 0 aliphatic heterocycles. The van der Waals surface area contributed by atoms with Gasteiger partial charge in [0.15, 0.2) is 5.78 Å². The second kappa shape index (κ2) is 8.91. The minimum atomic E-state index is -3.51. The smallest absolute Gasteiger partial charge is 0.338 e. The number of rotatable bonds is 10. The number of hydrogen-bond acceptors (Lipinski definition) is 7. The summed E-state index contributed by atoms with van der Waals surface area (Å²) in [6.45, 7) is 3.73. The molecule has 0 amide bonds. The van der Waals surface area contributed by atoms with Gasteiger partial charge in [0, 0.05) is 12.1 Å². The first kappa shape index (κ1) is 19.5. The Labute approximate surface area is 136 Å². The van der Waals surface area contributed by atoms with Gasteiger partial charge in [0.2, 0.25) is 0 Å². The zero-order valence-electron chi connectivity index (χ0n) is 14.1. The maximum atomic E-state index is 12.6. The van der Waals surface area contributed by atoms with E-state index in [0.29, 0.717) is 5.75 Å². The van der Waals surface area contributed by atoms with Crippen molar-refractivity contribution in [3.63, 3.8) is 0 Å². The van der Waals surface area contributed by atoms with Crippen molar-refractivity contribution in [1.29, 1.82) is 0 Å². The highest BCUT2D eigenvalue weighted by Crippen LogP contribution is 2.49. The van der Waals surface area contributed by atoms with Crippen LogP contribution in [0.3, 0.4) is 0 Å². The summed E-state index contributed by atoms with van der Waals surface area (Å²) >= 11 is 0. The number of methoxy groups -OCH3 is 3. The lowest BCUT2D eigenvalue weighted by atomic mass is 10.1. The molecule has 1 aromatic carbocycles. The first-order valence-electron chi connectivity index (χ1n) is 7.16. The number of benzene rings is 1. The number of carbonyl (C=O) groups is 1. The van der Waals surface area contributed by atoms with E-state index in [1.165, 1.54) is 21.3 Å². The third kappa shape index (κ3) is 4.96. The Morgan fingerprint density at radius 2 is 1.43 bits per heavy atom.